The van der Waals surface area contributed by atoms with Crippen LogP contribution >= 0.6 is 0 Å². The smallest absolute Gasteiger partial charge is 0.249 e. The maximum atomic E-state index is 11.9. The predicted molar refractivity (Wildman–Crippen MR) is 97.8 cm³/mol. The van der Waals surface area contributed by atoms with Gasteiger partial charge in [0.2, 0.25) is 11.8 Å². The molecule has 0 atom stereocenters. The number of carbonyl (C=O) groups excluding carboxylic acids is 2. The number of hydrazone groups is 1. The lowest BCUT2D eigenvalue weighted by atomic mass is 10.2. The Morgan fingerprint density at radius 2 is 1.80 bits per heavy atom. The van der Waals surface area contributed by atoms with Gasteiger partial charge in [-0.25, -0.2) is 5.43 Å². The number of anilines is 1. The SMILES string of the molecule is CCOc1ccccc1C=NNC(=O)CC(=O)Nc1ccccc1C. The standard InChI is InChI=1S/C19H21N3O3/c1-3-25-17-11-7-5-9-15(17)13-20-22-19(24)12-18(23)21-16-10-6-4-8-14(16)2/h4-11,13H,3,12H2,1-2H3,(H,21,23)(H,22,24). The van der Waals surface area contributed by atoms with Crippen LogP contribution in [-0.4, -0.2) is 24.6 Å². The van der Waals surface area contributed by atoms with E-state index < -0.39 is 11.8 Å². The number of rotatable bonds is 7. The molecule has 0 unspecified atom stereocenters. The molecule has 0 fully saturated rings. The van der Waals surface area contributed by atoms with Crippen molar-refractivity contribution in [1.82, 2.24) is 5.43 Å². The molecule has 25 heavy (non-hydrogen) atoms. The topological polar surface area (TPSA) is 79.8 Å². The van der Waals surface area contributed by atoms with Crippen LogP contribution in [0.25, 0.3) is 0 Å². The highest BCUT2D eigenvalue weighted by Crippen LogP contribution is 2.15. The molecule has 2 aromatic rings. The number of benzene rings is 2. The number of hydrogen-bond acceptors (Lipinski definition) is 4. The first-order chi connectivity index (χ1) is 12.1. The maximum absolute atomic E-state index is 11.9. The Hall–Kier alpha value is -3.15. The molecule has 0 spiro atoms. The van der Waals surface area contributed by atoms with Gasteiger partial charge in [-0.1, -0.05) is 30.3 Å². The van der Waals surface area contributed by atoms with Crippen LogP contribution in [0.4, 0.5) is 5.69 Å². The lowest BCUT2D eigenvalue weighted by molar-refractivity contribution is -0.126. The summed E-state index contributed by atoms with van der Waals surface area (Å²) in [7, 11) is 0. The molecule has 2 rings (SSSR count). The second-order valence-electron chi connectivity index (χ2n) is 5.30. The van der Waals surface area contributed by atoms with Gasteiger partial charge in [-0.3, -0.25) is 9.59 Å². The largest absolute Gasteiger partial charge is 0.493 e. The molecular formula is C19H21N3O3. The van der Waals surface area contributed by atoms with E-state index in [-0.39, 0.29) is 6.42 Å². The minimum atomic E-state index is -0.490. The monoisotopic (exact) mass is 339 g/mol. The summed E-state index contributed by atoms with van der Waals surface area (Å²) >= 11 is 0. The van der Waals surface area contributed by atoms with E-state index in [9.17, 15) is 9.59 Å². The maximum Gasteiger partial charge on any atom is 0.249 e. The van der Waals surface area contributed by atoms with Crippen LogP contribution in [-0.2, 0) is 9.59 Å². The Morgan fingerprint density at radius 1 is 1.08 bits per heavy atom. The van der Waals surface area contributed by atoms with Gasteiger partial charge in [0, 0.05) is 11.3 Å². The third-order valence-corrected chi connectivity index (χ3v) is 3.35. The summed E-state index contributed by atoms with van der Waals surface area (Å²) in [6, 6.07) is 14.7. The molecule has 130 valence electrons. The Kier molecular flexibility index (Phi) is 6.71. The van der Waals surface area contributed by atoms with Gasteiger partial charge < -0.3 is 10.1 Å². The number of aryl methyl sites for hydroxylation is 1. The van der Waals surface area contributed by atoms with Crippen LogP contribution in [0.15, 0.2) is 53.6 Å². The zero-order valence-electron chi connectivity index (χ0n) is 14.3. The van der Waals surface area contributed by atoms with E-state index in [0.29, 0.717) is 18.0 Å². The zero-order chi connectivity index (χ0) is 18.1. The molecule has 0 radical (unpaired) electrons. The van der Waals surface area contributed by atoms with Gasteiger partial charge in [-0.2, -0.15) is 5.10 Å². The number of hydrogen-bond donors (Lipinski definition) is 2. The number of amides is 2. The quantitative estimate of drug-likeness (QED) is 0.462. The summed E-state index contributed by atoms with van der Waals surface area (Å²) < 4.78 is 5.47. The minimum Gasteiger partial charge on any atom is -0.493 e. The van der Waals surface area contributed by atoms with Gasteiger partial charge in [0.05, 0.1) is 12.8 Å². The van der Waals surface area contributed by atoms with Gasteiger partial charge in [0.15, 0.2) is 0 Å². The normalized spacial score (nSPS) is 10.5. The fourth-order valence-corrected chi connectivity index (χ4v) is 2.14. The van der Waals surface area contributed by atoms with Gasteiger partial charge >= 0.3 is 0 Å². The van der Waals surface area contributed by atoms with E-state index in [1.54, 1.807) is 6.07 Å². The highest BCUT2D eigenvalue weighted by molar-refractivity contribution is 6.04. The molecule has 0 aromatic heterocycles. The van der Waals surface area contributed by atoms with Crippen LogP contribution in [0, 0.1) is 6.92 Å². The van der Waals surface area contributed by atoms with Crippen molar-refractivity contribution in [2.45, 2.75) is 20.3 Å². The first-order valence-electron chi connectivity index (χ1n) is 7.99. The molecule has 2 amide bonds. The molecule has 0 saturated carbocycles. The van der Waals surface area contributed by atoms with Gasteiger partial charge in [0.25, 0.3) is 0 Å². The summed E-state index contributed by atoms with van der Waals surface area (Å²) in [5.41, 5.74) is 4.71. The van der Waals surface area contributed by atoms with Crippen LogP contribution < -0.4 is 15.5 Å². The molecule has 2 aromatic carbocycles. The van der Waals surface area contributed by atoms with Crippen molar-refractivity contribution >= 4 is 23.7 Å². The van der Waals surface area contributed by atoms with Crippen molar-refractivity contribution in [3.8, 4) is 5.75 Å². The Labute approximate surface area is 146 Å². The number of nitrogens with one attached hydrogen (secondary N) is 2. The predicted octanol–water partition coefficient (Wildman–Crippen LogP) is 2.87. The van der Waals surface area contributed by atoms with E-state index in [4.69, 9.17) is 4.74 Å². The van der Waals surface area contributed by atoms with Crippen LogP contribution in [0.5, 0.6) is 5.75 Å². The Bertz CT molecular complexity index is 772. The van der Waals surface area contributed by atoms with E-state index in [1.165, 1.54) is 6.21 Å². The Morgan fingerprint density at radius 3 is 2.56 bits per heavy atom. The fourth-order valence-electron chi connectivity index (χ4n) is 2.14. The second kappa shape index (κ2) is 9.22. The molecule has 0 bridgehead atoms. The zero-order valence-corrected chi connectivity index (χ0v) is 14.3. The lowest BCUT2D eigenvalue weighted by Crippen LogP contribution is -2.24. The molecular weight excluding hydrogens is 318 g/mol. The van der Waals surface area contributed by atoms with Gasteiger partial charge in [0.1, 0.15) is 12.2 Å². The van der Waals surface area contributed by atoms with Crippen LogP contribution in [0.2, 0.25) is 0 Å². The minimum absolute atomic E-state index is 0.307. The summed E-state index contributed by atoms with van der Waals surface area (Å²) in [5.74, 6) is -0.201. The highest BCUT2D eigenvalue weighted by Gasteiger charge is 2.10. The van der Waals surface area contributed by atoms with E-state index in [2.05, 4.69) is 15.8 Å². The molecule has 0 aliphatic rings. The molecule has 0 aliphatic carbocycles. The number of ether oxygens (including phenoxy) is 1. The third kappa shape index (κ3) is 5.76. The van der Waals surface area contributed by atoms with Gasteiger partial charge in [-0.15, -0.1) is 0 Å². The first-order valence-corrected chi connectivity index (χ1v) is 7.99. The average molecular weight is 339 g/mol. The molecule has 0 aliphatic heterocycles. The number of carbonyl (C=O) groups is 2. The van der Waals surface area contributed by atoms with Crippen molar-refractivity contribution in [1.29, 1.82) is 0 Å². The van der Waals surface area contributed by atoms with Crippen molar-refractivity contribution in [2.75, 3.05) is 11.9 Å². The fraction of sp³-hybridized carbons (Fsp3) is 0.211. The van der Waals surface area contributed by atoms with Crippen molar-refractivity contribution in [2.24, 2.45) is 5.10 Å². The molecule has 6 nitrogen and oxygen atoms in total. The van der Waals surface area contributed by atoms with Crippen LogP contribution in [0.3, 0.4) is 0 Å². The van der Waals surface area contributed by atoms with Crippen LogP contribution in [0.1, 0.15) is 24.5 Å². The molecule has 6 heteroatoms. The van der Waals surface area contributed by atoms with Gasteiger partial charge in [-0.05, 0) is 37.6 Å². The number of para-hydroxylation sites is 2. The summed E-state index contributed by atoms with van der Waals surface area (Å²) in [5, 5.41) is 6.58. The second-order valence-corrected chi connectivity index (χ2v) is 5.30. The summed E-state index contributed by atoms with van der Waals surface area (Å²) in [6.45, 7) is 4.31. The lowest BCUT2D eigenvalue weighted by Gasteiger charge is -2.07. The highest BCUT2D eigenvalue weighted by atomic mass is 16.5. The molecule has 2 N–H and O–H groups in total. The first kappa shape index (κ1) is 18.2. The van der Waals surface area contributed by atoms with Crippen molar-refractivity contribution in [3.05, 3.63) is 59.7 Å². The third-order valence-electron chi connectivity index (χ3n) is 3.35. The summed E-state index contributed by atoms with van der Waals surface area (Å²) in [4.78, 5) is 23.7. The van der Waals surface area contributed by atoms with Crippen molar-refractivity contribution < 1.29 is 14.3 Å². The van der Waals surface area contributed by atoms with E-state index in [1.807, 2.05) is 56.3 Å². The molecule has 0 heterocycles. The molecule has 0 saturated heterocycles. The number of nitrogens with zero attached hydrogens (tertiary/aromatic N) is 1. The Balaban J connectivity index is 1.86. The van der Waals surface area contributed by atoms with E-state index in [0.717, 1.165) is 11.1 Å². The van der Waals surface area contributed by atoms with Crippen molar-refractivity contribution in [3.63, 3.8) is 0 Å². The van der Waals surface area contributed by atoms with E-state index >= 15 is 0 Å². The average Bonchev–Trinajstić information content (AvgIpc) is 2.58. The summed E-state index contributed by atoms with van der Waals surface area (Å²) in [6.07, 6.45) is 1.18.